The van der Waals surface area contributed by atoms with Crippen molar-refractivity contribution in [1.82, 2.24) is 0 Å². The molecule has 0 N–H and O–H groups in total. The summed E-state index contributed by atoms with van der Waals surface area (Å²) in [6.07, 6.45) is 1.95. The van der Waals surface area contributed by atoms with Crippen molar-refractivity contribution in [3.05, 3.63) is 52.2 Å². The van der Waals surface area contributed by atoms with Crippen molar-refractivity contribution >= 4 is 40.7 Å². The van der Waals surface area contributed by atoms with E-state index in [1.54, 1.807) is 13.8 Å². The number of rotatable bonds is 7. The number of ether oxygens (including phenoxy) is 2. The van der Waals surface area contributed by atoms with Crippen molar-refractivity contribution < 1.29 is 19.1 Å². The fourth-order valence-corrected chi connectivity index (χ4v) is 4.10. The fourth-order valence-electron chi connectivity index (χ4n) is 2.49. The first kappa shape index (κ1) is 21.2. The minimum atomic E-state index is -1.12. The third kappa shape index (κ3) is 5.43. The molecule has 1 heterocycles. The zero-order valence-corrected chi connectivity index (χ0v) is 17.5. The highest BCUT2D eigenvalue weighted by molar-refractivity contribution is 8.00. The Kier molecular flexibility index (Phi) is 8.06. The molecule has 1 aromatic carbocycles. The Morgan fingerprint density at radius 1 is 1.11 bits per heavy atom. The second-order valence-electron chi connectivity index (χ2n) is 5.54. The maximum absolute atomic E-state index is 12.5. The summed E-state index contributed by atoms with van der Waals surface area (Å²) in [5, 5.41) is 0. The number of para-hydroxylation sites is 1. The molecule has 5 nitrogen and oxygen atoms in total. The van der Waals surface area contributed by atoms with Crippen molar-refractivity contribution in [2.45, 2.75) is 30.9 Å². The first-order valence-corrected chi connectivity index (χ1v) is 10.7. The molecule has 2 rings (SSSR count). The molecule has 0 saturated heterocycles. The lowest BCUT2D eigenvalue weighted by Gasteiger charge is -2.17. The van der Waals surface area contributed by atoms with E-state index in [1.807, 2.05) is 49.6 Å². The van der Waals surface area contributed by atoms with Crippen LogP contribution in [0.4, 0.5) is 5.69 Å². The molecule has 0 bridgehead atoms. The first-order chi connectivity index (χ1) is 13.0. The second-order valence-corrected chi connectivity index (χ2v) is 7.68. The lowest BCUT2D eigenvalue weighted by Crippen LogP contribution is -2.28. The summed E-state index contributed by atoms with van der Waals surface area (Å²) >= 11 is 3.06. The number of hydrogen-bond donors (Lipinski definition) is 0. The first-order valence-electron chi connectivity index (χ1n) is 8.63. The second kappa shape index (κ2) is 10.3. The Morgan fingerprint density at radius 3 is 2.22 bits per heavy atom. The van der Waals surface area contributed by atoms with Crippen LogP contribution in [-0.4, -0.2) is 31.4 Å². The minimum absolute atomic E-state index is 0.194. The van der Waals surface area contributed by atoms with Crippen LogP contribution in [0.15, 0.2) is 45.6 Å². The van der Waals surface area contributed by atoms with Crippen LogP contribution >= 0.6 is 23.1 Å². The molecule has 7 heteroatoms. The van der Waals surface area contributed by atoms with Gasteiger partial charge in [-0.05, 0) is 56.4 Å². The SMILES string of the molecule is CCOC(=O)C(C(=O)OCC)c1cc(SC)sc(=Nc2ccccc2)c1C. The van der Waals surface area contributed by atoms with E-state index in [0.717, 1.165) is 20.1 Å². The summed E-state index contributed by atoms with van der Waals surface area (Å²) in [5.74, 6) is -2.32. The van der Waals surface area contributed by atoms with Gasteiger partial charge in [-0.3, -0.25) is 9.59 Å². The van der Waals surface area contributed by atoms with Gasteiger partial charge in [0.2, 0.25) is 0 Å². The fraction of sp³-hybridized carbons (Fsp3) is 0.350. The topological polar surface area (TPSA) is 65.0 Å². The maximum atomic E-state index is 12.5. The van der Waals surface area contributed by atoms with Crippen LogP contribution in [0.2, 0.25) is 0 Å². The van der Waals surface area contributed by atoms with E-state index < -0.39 is 17.9 Å². The molecule has 0 amide bonds. The highest BCUT2D eigenvalue weighted by atomic mass is 32.2. The molecule has 144 valence electrons. The third-order valence-corrected chi connectivity index (χ3v) is 5.95. The van der Waals surface area contributed by atoms with Crippen molar-refractivity contribution in [3.8, 4) is 0 Å². The molecule has 0 fully saturated rings. The van der Waals surface area contributed by atoms with Gasteiger partial charge in [-0.1, -0.05) is 18.2 Å². The van der Waals surface area contributed by atoms with Gasteiger partial charge in [0, 0.05) is 0 Å². The van der Waals surface area contributed by atoms with Gasteiger partial charge < -0.3 is 9.47 Å². The summed E-state index contributed by atoms with van der Waals surface area (Å²) in [7, 11) is 0. The van der Waals surface area contributed by atoms with Crippen LogP contribution in [0.1, 0.15) is 30.9 Å². The lowest BCUT2D eigenvalue weighted by molar-refractivity contribution is -0.156. The van der Waals surface area contributed by atoms with Gasteiger partial charge in [0.1, 0.15) is 4.67 Å². The van der Waals surface area contributed by atoms with Crippen molar-refractivity contribution in [1.29, 1.82) is 0 Å². The highest BCUT2D eigenvalue weighted by Gasteiger charge is 2.33. The smallest absolute Gasteiger partial charge is 0.324 e. The van der Waals surface area contributed by atoms with E-state index in [0.29, 0.717) is 5.56 Å². The Labute approximate surface area is 167 Å². The average Bonchev–Trinajstić information content (AvgIpc) is 2.66. The van der Waals surface area contributed by atoms with Gasteiger partial charge in [-0.2, -0.15) is 0 Å². The molecule has 0 radical (unpaired) electrons. The van der Waals surface area contributed by atoms with Crippen LogP contribution in [0.25, 0.3) is 0 Å². The van der Waals surface area contributed by atoms with Gasteiger partial charge in [0.05, 0.1) is 23.1 Å². The standard InChI is InChI=1S/C20H23NO4S2/c1-5-24-19(22)17(20(23)25-6-2)15-12-16(26-4)27-18(13(15)3)21-14-10-8-7-9-11-14/h7-12,17H,5-6H2,1-4H3. The summed E-state index contributed by atoms with van der Waals surface area (Å²) in [5.41, 5.74) is 2.15. The van der Waals surface area contributed by atoms with Crippen LogP contribution in [-0.2, 0) is 19.1 Å². The van der Waals surface area contributed by atoms with E-state index in [4.69, 9.17) is 14.5 Å². The van der Waals surface area contributed by atoms with Gasteiger partial charge in [-0.15, -0.1) is 23.1 Å². The predicted octanol–water partition coefficient (Wildman–Crippen LogP) is 4.22. The van der Waals surface area contributed by atoms with E-state index >= 15 is 0 Å². The number of carbonyl (C=O) groups is 2. The maximum Gasteiger partial charge on any atom is 0.324 e. The quantitative estimate of drug-likeness (QED) is 0.392. The van der Waals surface area contributed by atoms with E-state index in [1.165, 1.54) is 23.1 Å². The van der Waals surface area contributed by atoms with E-state index in [-0.39, 0.29) is 13.2 Å². The lowest BCUT2D eigenvalue weighted by atomic mass is 9.97. The zero-order valence-electron chi connectivity index (χ0n) is 15.9. The molecular formula is C20H23NO4S2. The Hall–Kier alpha value is -2.12. The molecule has 2 aromatic rings. The molecule has 0 atom stereocenters. The molecule has 0 aliphatic carbocycles. The molecule has 0 spiro atoms. The number of thioether (sulfide) groups is 1. The summed E-state index contributed by atoms with van der Waals surface area (Å²) in [6, 6.07) is 11.4. The van der Waals surface area contributed by atoms with Gasteiger partial charge >= 0.3 is 11.9 Å². The van der Waals surface area contributed by atoms with Crippen molar-refractivity contribution in [2.24, 2.45) is 4.99 Å². The largest absolute Gasteiger partial charge is 0.465 e. The zero-order chi connectivity index (χ0) is 19.8. The number of esters is 2. The Bertz CT molecular complexity index is 844. The van der Waals surface area contributed by atoms with Crippen LogP contribution in [0.5, 0.6) is 0 Å². The summed E-state index contributed by atoms with van der Waals surface area (Å²) in [4.78, 5) is 29.8. The molecule has 27 heavy (non-hydrogen) atoms. The third-order valence-electron chi connectivity index (χ3n) is 3.77. The molecule has 0 aliphatic heterocycles. The Balaban J connectivity index is 2.65. The minimum Gasteiger partial charge on any atom is -0.465 e. The monoisotopic (exact) mass is 405 g/mol. The Morgan fingerprint density at radius 2 is 1.70 bits per heavy atom. The molecular weight excluding hydrogens is 382 g/mol. The highest BCUT2D eigenvalue weighted by Crippen LogP contribution is 2.28. The predicted molar refractivity (Wildman–Crippen MR) is 109 cm³/mol. The molecule has 0 saturated carbocycles. The van der Waals surface area contributed by atoms with Crippen LogP contribution in [0.3, 0.4) is 0 Å². The van der Waals surface area contributed by atoms with Gasteiger partial charge in [0.25, 0.3) is 0 Å². The van der Waals surface area contributed by atoms with Crippen molar-refractivity contribution in [2.75, 3.05) is 19.5 Å². The number of benzene rings is 1. The molecule has 0 unspecified atom stereocenters. The van der Waals surface area contributed by atoms with Gasteiger partial charge in [0.15, 0.2) is 5.92 Å². The average molecular weight is 406 g/mol. The van der Waals surface area contributed by atoms with E-state index in [2.05, 4.69) is 0 Å². The summed E-state index contributed by atoms with van der Waals surface area (Å²) in [6.45, 7) is 5.68. The molecule has 0 aliphatic rings. The number of carbonyl (C=O) groups excluding carboxylic acids is 2. The van der Waals surface area contributed by atoms with Crippen LogP contribution in [0, 0.1) is 6.92 Å². The molecule has 1 aromatic heterocycles. The van der Waals surface area contributed by atoms with E-state index in [9.17, 15) is 9.59 Å². The summed E-state index contributed by atoms with van der Waals surface area (Å²) < 4.78 is 12.0. The van der Waals surface area contributed by atoms with Crippen molar-refractivity contribution in [3.63, 3.8) is 0 Å². The normalized spacial score (nSPS) is 11.5. The van der Waals surface area contributed by atoms with Crippen LogP contribution < -0.4 is 4.67 Å². The number of nitrogens with zero attached hydrogens (tertiary/aromatic N) is 1. The number of hydrogen-bond acceptors (Lipinski definition) is 7. The van der Waals surface area contributed by atoms with Gasteiger partial charge in [-0.25, -0.2) is 4.99 Å².